The van der Waals surface area contributed by atoms with Crippen molar-refractivity contribution in [3.05, 3.63) is 12.7 Å². The van der Waals surface area contributed by atoms with E-state index in [4.69, 9.17) is 36.4 Å². The summed E-state index contributed by atoms with van der Waals surface area (Å²) in [4.78, 5) is 43.4. The Morgan fingerprint density at radius 1 is 1.23 bits per heavy atom. The first-order valence-corrected chi connectivity index (χ1v) is 11.9. The average molecular weight is 597 g/mol. The molecule has 1 aliphatic heterocycles. The average Bonchev–Trinajstić information content (AvgIpc) is 3.37. The van der Waals surface area contributed by atoms with Gasteiger partial charge in [0, 0.05) is 12.5 Å². The molecule has 1 fully saturated rings. The van der Waals surface area contributed by atoms with E-state index in [0.29, 0.717) is 0 Å². The zero-order valence-corrected chi connectivity index (χ0v) is 23.1. The number of aliphatic hydroxyl groups excluding tert-OH is 2. The third kappa shape index (κ3) is 10.2. The Labute approximate surface area is 239 Å². The van der Waals surface area contributed by atoms with Gasteiger partial charge in [0.15, 0.2) is 17.7 Å². The van der Waals surface area contributed by atoms with Crippen LogP contribution in [-0.4, -0.2) is 90.5 Å². The van der Waals surface area contributed by atoms with E-state index in [-0.39, 0.29) is 59.4 Å². The van der Waals surface area contributed by atoms with Gasteiger partial charge in [-0.3, -0.25) is 13.9 Å². The molecule has 0 saturated carbocycles. The fraction of sp³-hybridized carbons (Fsp3) is 0.588. The molecule has 0 aromatic carbocycles. The summed E-state index contributed by atoms with van der Waals surface area (Å²) in [5.74, 6) is -3.21. The molecule has 22 heteroatoms. The number of ether oxygens (including phenoxy) is 1. The number of aliphatic carboxylic acids is 1. The second kappa shape index (κ2) is 14.6. The Kier molecular flexibility index (Phi) is 13.1. The number of amides is 1. The van der Waals surface area contributed by atoms with E-state index < -0.39 is 69.7 Å². The number of rotatable bonds is 10. The van der Waals surface area contributed by atoms with Crippen LogP contribution >= 0.6 is 7.82 Å². The number of fused-ring (bicyclic) bond motifs is 1. The number of nitrogens with two attached hydrogens (primary N) is 3. The quantitative estimate of drug-likeness (QED) is 0.110. The van der Waals surface area contributed by atoms with Gasteiger partial charge in [0.05, 0.1) is 19.5 Å². The molecule has 3 rings (SSSR count). The van der Waals surface area contributed by atoms with E-state index >= 15 is 0 Å². The van der Waals surface area contributed by atoms with Crippen molar-refractivity contribution in [1.29, 1.82) is 0 Å². The topological polar surface area (TPSA) is 284 Å². The zero-order chi connectivity index (χ0) is 28.8. The number of anilines is 1. The van der Waals surface area contributed by atoms with Gasteiger partial charge in [-0.2, -0.15) is 13.2 Å². The fourth-order valence-electron chi connectivity index (χ4n) is 2.95. The second-order valence-corrected chi connectivity index (χ2v) is 9.15. The van der Waals surface area contributed by atoms with Crippen LogP contribution in [0.4, 0.5) is 19.0 Å². The Hall–Kier alpha value is -1.97. The number of carbonyl (C=O) groups is 2. The first kappa shape index (κ1) is 35.1. The minimum atomic E-state index is -5.08. The van der Waals surface area contributed by atoms with Gasteiger partial charge in [-0.15, -0.1) is 0 Å². The maximum atomic E-state index is 11.9. The smallest absolute Gasteiger partial charge is 0.756 e. The van der Waals surface area contributed by atoms with Gasteiger partial charge in [-0.25, -0.2) is 19.7 Å². The number of nitrogens with zero attached hydrogens (tertiary/aromatic N) is 4. The van der Waals surface area contributed by atoms with E-state index in [1.807, 2.05) is 0 Å². The summed E-state index contributed by atoms with van der Waals surface area (Å²) in [5, 5.41) is 27.7. The molecule has 1 aliphatic rings. The number of hydrogen-bond donors (Lipinski definition) is 6. The van der Waals surface area contributed by atoms with Crippen molar-refractivity contribution in [2.45, 2.75) is 49.6 Å². The van der Waals surface area contributed by atoms with E-state index in [1.54, 1.807) is 0 Å². The fourth-order valence-corrected chi connectivity index (χ4v) is 3.73. The largest absolute Gasteiger partial charge is 1.00 e. The molecule has 39 heavy (non-hydrogen) atoms. The molecule has 3 unspecified atom stereocenters. The number of imidazole rings is 1. The van der Waals surface area contributed by atoms with Crippen LogP contribution in [0.3, 0.4) is 0 Å². The van der Waals surface area contributed by atoms with Gasteiger partial charge in [-0.1, -0.05) is 0 Å². The van der Waals surface area contributed by atoms with Crippen LogP contribution < -0.4 is 51.7 Å². The van der Waals surface area contributed by atoms with Crippen molar-refractivity contribution in [3.8, 4) is 0 Å². The number of nitrogen functional groups attached to an aromatic ring is 1. The summed E-state index contributed by atoms with van der Waals surface area (Å²) < 4.78 is 60.0. The van der Waals surface area contributed by atoms with Crippen LogP contribution in [0.1, 0.15) is 19.1 Å². The number of carboxylic acids is 1. The molecular formula is C17H24F3N7NaO10P. The van der Waals surface area contributed by atoms with Gasteiger partial charge < -0.3 is 51.2 Å². The van der Waals surface area contributed by atoms with E-state index in [2.05, 4.69) is 19.5 Å². The summed E-state index contributed by atoms with van der Waals surface area (Å²) in [6.45, 7) is -1.05. The third-order valence-corrected chi connectivity index (χ3v) is 5.78. The van der Waals surface area contributed by atoms with Gasteiger partial charge in [0.1, 0.15) is 30.2 Å². The van der Waals surface area contributed by atoms with Crippen molar-refractivity contribution in [3.63, 3.8) is 0 Å². The normalized spacial score (nSPS) is 23.3. The predicted molar refractivity (Wildman–Crippen MR) is 115 cm³/mol. The number of primary amides is 1. The van der Waals surface area contributed by atoms with Crippen molar-refractivity contribution >= 4 is 36.7 Å². The van der Waals surface area contributed by atoms with Gasteiger partial charge >= 0.3 is 41.7 Å². The van der Waals surface area contributed by atoms with Gasteiger partial charge in [-0.05, 0) is 6.42 Å². The Morgan fingerprint density at radius 3 is 2.41 bits per heavy atom. The Morgan fingerprint density at radius 2 is 1.85 bits per heavy atom. The monoisotopic (exact) mass is 597 g/mol. The van der Waals surface area contributed by atoms with Crippen molar-refractivity contribution in [2.24, 2.45) is 11.5 Å². The minimum Gasteiger partial charge on any atom is -0.756 e. The number of aliphatic hydroxyl groups is 2. The summed E-state index contributed by atoms with van der Waals surface area (Å²) in [6, 6.07) is -0.748. The van der Waals surface area contributed by atoms with Crippen LogP contribution in [-0.2, 0) is 27.9 Å². The molecule has 214 valence electrons. The SMILES string of the molecule is NC(=O)CCC(N)COP(=O)([O-])OC[C@H]1OC(n2cnc3c(N)ncnc32)[C@H](O)[C@@H]1O.O=C(O)C(F)(F)F.[Na+]. The molecule has 2 aromatic rings. The second-order valence-electron chi connectivity index (χ2n) is 7.74. The molecular weight excluding hydrogens is 573 g/mol. The standard InChI is InChI=1S/C15H24N7O8P.C2HF3O2.Na/c16-7(1-2-9(17)23)3-28-31(26,27)29-4-8-11(24)12(25)15(30-8)22-6-21-10-13(18)19-5-20-14(10)22;3-2(4,5)1(6)7;/h5-8,11-12,15,24-25H,1-4,16H2,(H2,17,23)(H,26,27)(H2,18,19,20);(H,6,7);/q;;+1/p-1/t7?,8-,11-,12-,15?;;/m1../s1. The maximum Gasteiger partial charge on any atom is 1.00 e. The molecule has 0 bridgehead atoms. The molecule has 3 heterocycles. The molecule has 0 radical (unpaired) electrons. The molecule has 17 nitrogen and oxygen atoms in total. The van der Waals surface area contributed by atoms with E-state index in [0.717, 1.165) is 0 Å². The van der Waals surface area contributed by atoms with Crippen LogP contribution in [0, 0.1) is 0 Å². The number of carbonyl (C=O) groups excluding carboxylic acids is 1. The summed E-state index contributed by atoms with van der Waals surface area (Å²) in [7, 11) is -4.79. The number of phosphoric ester groups is 1. The van der Waals surface area contributed by atoms with Crippen LogP contribution in [0.2, 0.25) is 0 Å². The predicted octanol–water partition coefficient (Wildman–Crippen LogP) is -5.24. The number of carboxylic acid groups (broad SMARTS) is 1. The van der Waals surface area contributed by atoms with Gasteiger partial charge in [0.25, 0.3) is 7.82 Å². The number of phosphoric acid groups is 1. The molecule has 0 spiro atoms. The number of alkyl halides is 3. The van der Waals surface area contributed by atoms with Crippen molar-refractivity contribution in [2.75, 3.05) is 18.9 Å². The third-order valence-electron chi connectivity index (χ3n) is 4.85. The first-order valence-electron chi connectivity index (χ1n) is 10.4. The summed E-state index contributed by atoms with van der Waals surface area (Å²) in [5.41, 5.74) is 16.9. The number of aromatic nitrogens is 4. The van der Waals surface area contributed by atoms with E-state index in [1.165, 1.54) is 17.2 Å². The molecule has 6 atom stereocenters. The first-order chi connectivity index (χ1) is 17.5. The van der Waals surface area contributed by atoms with Gasteiger partial charge in [0.2, 0.25) is 5.91 Å². The molecule has 0 aliphatic carbocycles. The summed E-state index contributed by atoms with van der Waals surface area (Å²) >= 11 is 0. The molecule has 2 aromatic heterocycles. The van der Waals surface area contributed by atoms with Crippen LogP contribution in [0.5, 0.6) is 0 Å². The Bertz CT molecular complexity index is 1180. The molecule has 1 amide bonds. The summed E-state index contributed by atoms with van der Waals surface area (Å²) in [6.07, 6.45) is -7.70. The van der Waals surface area contributed by atoms with Crippen molar-refractivity contribution < 1.29 is 90.9 Å². The zero-order valence-electron chi connectivity index (χ0n) is 20.2. The number of halogens is 3. The number of hydrogen-bond acceptors (Lipinski definition) is 14. The molecule has 9 N–H and O–H groups in total. The minimum absolute atomic E-state index is 0. The Balaban J connectivity index is 0.000000841. The molecule has 1 saturated heterocycles. The van der Waals surface area contributed by atoms with Crippen LogP contribution in [0.25, 0.3) is 11.2 Å². The van der Waals surface area contributed by atoms with Crippen LogP contribution in [0.15, 0.2) is 12.7 Å². The van der Waals surface area contributed by atoms with Crippen molar-refractivity contribution in [1.82, 2.24) is 19.5 Å². The maximum absolute atomic E-state index is 11.9. The van der Waals surface area contributed by atoms with E-state index in [9.17, 15) is 37.6 Å².